The van der Waals surface area contributed by atoms with Crippen molar-refractivity contribution in [2.45, 2.75) is 38.7 Å². The molecule has 1 N–H and O–H groups in total. The maximum atomic E-state index is 13.8. The summed E-state index contributed by atoms with van der Waals surface area (Å²) in [6.07, 6.45) is -7.35. The van der Waals surface area contributed by atoms with Crippen molar-refractivity contribution < 1.29 is 41.0 Å². The SMILES string of the molecule is CCCc1cccc(-c2cccc(-n3ncc(C(=O)O)c3C(F)(F)F)n2)c1OCc1ccc(-c2ccc(C(F)(F)F)cc2)cc1. The molecule has 5 aromatic rings. The molecule has 0 saturated heterocycles. The lowest BCUT2D eigenvalue weighted by molar-refractivity contribution is -0.143. The lowest BCUT2D eigenvalue weighted by atomic mass is 10.0. The van der Waals surface area contributed by atoms with E-state index >= 15 is 0 Å². The van der Waals surface area contributed by atoms with Crippen molar-refractivity contribution >= 4 is 5.97 Å². The van der Waals surface area contributed by atoms with Gasteiger partial charge in [0.2, 0.25) is 0 Å². The highest BCUT2D eigenvalue weighted by Crippen LogP contribution is 2.37. The normalized spacial score (nSPS) is 11.9. The number of hydrogen-bond donors (Lipinski definition) is 1. The number of aryl methyl sites for hydroxylation is 1. The zero-order chi connectivity index (χ0) is 32.4. The number of ether oxygens (including phenoxy) is 1. The standard InChI is InChI=1S/C33H25F6N3O3/c1-2-5-23-6-3-7-25(27-8-4-9-28(41-27)42-30(33(37,38)39)26(18-40-42)31(43)44)29(23)45-19-20-10-12-21(13-11-20)22-14-16-24(17-15-22)32(34,35)36/h3-4,6-18H,2,5,19H2,1H3,(H,43,44). The van der Waals surface area contributed by atoms with Crippen LogP contribution in [0.1, 0.15) is 46.1 Å². The number of aromatic carboxylic acids is 1. The van der Waals surface area contributed by atoms with Crippen LogP contribution in [-0.4, -0.2) is 25.8 Å². The minimum Gasteiger partial charge on any atom is -0.488 e. The molecular weight excluding hydrogens is 600 g/mol. The Morgan fingerprint density at radius 2 is 1.49 bits per heavy atom. The smallest absolute Gasteiger partial charge is 0.434 e. The Bertz CT molecular complexity index is 1810. The van der Waals surface area contributed by atoms with E-state index in [1.807, 2.05) is 13.0 Å². The molecule has 0 atom stereocenters. The van der Waals surface area contributed by atoms with Crippen LogP contribution in [0.15, 0.2) is 91.1 Å². The molecule has 0 aliphatic carbocycles. The lowest BCUT2D eigenvalue weighted by Crippen LogP contribution is -2.18. The number of hydrogen-bond acceptors (Lipinski definition) is 4. The van der Waals surface area contributed by atoms with E-state index in [1.54, 1.807) is 42.5 Å². The summed E-state index contributed by atoms with van der Waals surface area (Å²) in [5.41, 5.74) is 0.615. The van der Waals surface area contributed by atoms with Crippen LogP contribution in [0.4, 0.5) is 26.3 Å². The molecule has 2 aromatic heterocycles. The van der Waals surface area contributed by atoms with E-state index in [2.05, 4.69) is 10.1 Å². The number of para-hydroxylation sites is 1. The van der Waals surface area contributed by atoms with E-state index < -0.39 is 35.1 Å². The Labute approximate surface area is 253 Å². The Morgan fingerprint density at radius 1 is 0.844 bits per heavy atom. The number of pyridine rings is 1. The molecular formula is C33H25F6N3O3. The predicted molar refractivity (Wildman–Crippen MR) is 154 cm³/mol. The molecule has 0 unspecified atom stereocenters. The molecule has 45 heavy (non-hydrogen) atoms. The van der Waals surface area contributed by atoms with Gasteiger partial charge in [-0.3, -0.25) is 0 Å². The van der Waals surface area contributed by atoms with Gasteiger partial charge in [-0.05, 0) is 59.0 Å². The maximum Gasteiger partial charge on any atom is 0.434 e. The Hall–Kier alpha value is -5.13. The zero-order valence-electron chi connectivity index (χ0n) is 23.7. The molecule has 12 heteroatoms. The fourth-order valence-electron chi connectivity index (χ4n) is 4.87. The fourth-order valence-corrected chi connectivity index (χ4v) is 4.87. The van der Waals surface area contributed by atoms with Crippen LogP contribution in [0.3, 0.4) is 0 Å². The number of benzene rings is 3. The third-order valence-corrected chi connectivity index (χ3v) is 6.99. The third kappa shape index (κ3) is 6.84. The van der Waals surface area contributed by atoms with Gasteiger partial charge in [-0.2, -0.15) is 31.4 Å². The molecule has 0 fully saturated rings. The highest BCUT2D eigenvalue weighted by Gasteiger charge is 2.41. The molecule has 5 rings (SSSR count). The molecule has 0 bridgehead atoms. The van der Waals surface area contributed by atoms with Gasteiger partial charge in [-0.15, -0.1) is 0 Å². The topological polar surface area (TPSA) is 77.2 Å². The number of carboxylic acids is 1. The number of halogens is 6. The molecule has 0 radical (unpaired) electrons. The van der Waals surface area contributed by atoms with Crippen LogP contribution in [0.5, 0.6) is 5.75 Å². The summed E-state index contributed by atoms with van der Waals surface area (Å²) in [6, 6.07) is 21.8. The molecule has 0 saturated carbocycles. The van der Waals surface area contributed by atoms with Gasteiger partial charge in [0.1, 0.15) is 17.9 Å². The van der Waals surface area contributed by atoms with Crippen LogP contribution in [0.2, 0.25) is 0 Å². The zero-order valence-corrected chi connectivity index (χ0v) is 23.7. The first kappa shape index (κ1) is 31.3. The molecule has 0 aliphatic heterocycles. The average molecular weight is 626 g/mol. The van der Waals surface area contributed by atoms with E-state index in [0.717, 1.165) is 35.2 Å². The van der Waals surface area contributed by atoms with Crippen molar-refractivity contribution in [2.24, 2.45) is 0 Å². The van der Waals surface area contributed by atoms with Crippen LogP contribution in [0, 0.1) is 0 Å². The largest absolute Gasteiger partial charge is 0.488 e. The number of nitrogens with zero attached hydrogens (tertiary/aromatic N) is 3. The number of carbonyl (C=O) groups is 1. The van der Waals surface area contributed by atoms with Gasteiger partial charge in [0.05, 0.1) is 17.5 Å². The molecule has 0 amide bonds. The monoisotopic (exact) mass is 625 g/mol. The van der Waals surface area contributed by atoms with Crippen LogP contribution in [-0.2, 0) is 25.4 Å². The second kappa shape index (κ2) is 12.5. The van der Waals surface area contributed by atoms with E-state index in [0.29, 0.717) is 39.9 Å². The number of carboxylic acid groups (broad SMARTS) is 1. The summed E-state index contributed by atoms with van der Waals surface area (Å²) in [5.74, 6) is -1.50. The Morgan fingerprint density at radius 3 is 2.09 bits per heavy atom. The van der Waals surface area contributed by atoms with Crippen molar-refractivity contribution in [3.8, 4) is 34.0 Å². The van der Waals surface area contributed by atoms with Crippen LogP contribution < -0.4 is 4.74 Å². The molecule has 0 spiro atoms. The van der Waals surface area contributed by atoms with Crippen molar-refractivity contribution in [1.82, 2.24) is 14.8 Å². The summed E-state index contributed by atoms with van der Waals surface area (Å²) < 4.78 is 87.0. The van der Waals surface area contributed by atoms with Gasteiger partial charge in [0.25, 0.3) is 0 Å². The average Bonchev–Trinajstić information content (AvgIpc) is 3.48. The van der Waals surface area contributed by atoms with Crippen molar-refractivity contribution in [1.29, 1.82) is 0 Å². The van der Waals surface area contributed by atoms with Gasteiger partial charge in [0, 0.05) is 5.56 Å². The van der Waals surface area contributed by atoms with E-state index in [1.165, 1.54) is 24.3 Å². The summed E-state index contributed by atoms with van der Waals surface area (Å²) in [5, 5.41) is 12.9. The number of alkyl halides is 6. The fraction of sp³-hybridized carbons (Fsp3) is 0.182. The third-order valence-electron chi connectivity index (χ3n) is 6.99. The quantitative estimate of drug-likeness (QED) is 0.166. The van der Waals surface area contributed by atoms with E-state index in [9.17, 15) is 36.2 Å². The van der Waals surface area contributed by atoms with E-state index in [-0.39, 0.29) is 12.4 Å². The van der Waals surface area contributed by atoms with E-state index in [4.69, 9.17) is 4.74 Å². The number of rotatable bonds is 9. The second-order valence-corrected chi connectivity index (χ2v) is 10.1. The Balaban J connectivity index is 1.44. The second-order valence-electron chi connectivity index (χ2n) is 10.1. The first-order valence-corrected chi connectivity index (χ1v) is 13.7. The van der Waals surface area contributed by atoms with Crippen LogP contribution >= 0.6 is 0 Å². The van der Waals surface area contributed by atoms with Crippen LogP contribution in [0.25, 0.3) is 28.2 Å². The van der Waals surface area contributed by atoms with Gasteiger partial charge in [0.15, 0.2) is 11.5 Å². The molecule has 2 heterocycles. The summed E-state index contributed by atoms with van der Waals surface area (Å²) >= 11 is 0. The summed E-state index contributed by atoms with van der Waals surface area (Å²) in [4.78, 5) is 15.8. The van der Waals surface area contributed by atoms with Gasteiger partial charge >= 0.3 is 18.3 Å². The first-order chi connectivity index (χ1) is 21.4. The maximum absolute atomic E-state index is 13.8. The van der Waals surface area contributed by atoms with Gasteiger partial charge in [-0.1, -0.05) is 67.9 Å². The summed E-state index contributed by atoms with van der Waals surface area (Å²) in [7, 11) is 0. The minimum atomic E-state index is -5.00. The molecule has 0 aliphatic rings. The molecule has 6 nitrogen and oxygen atoms in total. The number of aromatic nitrogens is 3. The highest BCUT2D eigenvalue weighted by atomic mass is 19.4. The summed E-state index contributed by atoms with van der Waals surface area (Å²) in [6.45, 7) is 2.12. The first-order valence-electron chi connectivity index (χ1n) is 13.7. The highest BCUT2D eigenvalue weighted by molar-refractivity contribution is 5.89. The molecule has 232 valence electrons. The predicted octanol–water partition coefficient (Wildman–Crippen LogP) is 8.87. The Kier molecular flexibility index (Phi) is 8.67. The minimum absolute atomic E-state index is 0.125. The van der Waals surface area contributed by atoms with Crippen molar-refractivity contribution in [3.05, 3.63) is 119 Å². The molecule has 3 aromatic carbocycles. The van der Waals surface area contributed by atoms with Gasteiger partial charge < -0.3 is 9.84 Å². The van der Waals surface area contributed by atoms with Crippen molar-refractivity contribution in [2.75, 3.05) is 0 Å². The lowest BCUT2D eigenvalue weighted by Gasteiger charge is -2.17. The van der Waals surface area contributed by atoms with Gasteiger partial charge in [-0.25, -0.2) is 14.5 Å². The van der Waals surface area contributed by atoms with Crippen molar-refractivity contribution in [3.63, 3.8) is 0 Å².